The van der Waals surface area contributed by atoms with Crippen LogP contribution in [-0.4, -0.2) is 51.3 Å². The summed E-state index contributed by atoms with van der Waals surface area (Å²) in [6.45, 7) is -1.28. The number of aromatic nitrogens is 2. The molecule has 0 saturated carbocycles. The highest BCUT2D eigenvalue weighted by molar-refractivity contribution is 5.90. The van der Waals surface area contributed by atoms with Gasteiger partial charge in [-0.25, -0.2) is 18.8 Å². The van der Waals surface area contributed by atoms with Crippen LogP contribution >= 0.6 is 0 Å². The Balaban J connectivity index is 1.75. The van der Waals surface area contributed by atoms with Crippen LogP contribution < -0.4 is 11.2 Å². The van der Waals surface area contributed by atoms with E-state index in [4.69, 9.17) is 14.2 Å². The molecule has 4 atom stereocenters. The minimum atomic E-state index is -3.04. The number of esters is 2. The van der Waals surface area contributed by atoms with Crippen molar-refractivity contribution in [2.24, 2.45) is 0 Å². The number of aromatic amines is 1. The molecule has 34 heavy (non-hydrogen) atoms. The van der Waals surface area contributed by atoms with Gasteiger partial charge in [-0.2, -0.15) is 0 Å². The number of hydrogen-bond acceptors (Lipinski definition) is 8. The van der Waals surface area contributed by atoms with Gasteiger partial charge in [0, 0.05) is 12.3 Å². The average Bonchev–Trinajstić information content (AvgIpc) is 3.11. The molecule has 1 saturated heterocycles. The van der Waals surface area contributed by atoms with Crippen LogP contribution in [0.2, 0.25) is 0 Å². The lowest BCUT2D eigenvalue weighted by Gasteiger charge is -2.26. The van der Waals surface area contributed by atoms with Gasteiger partial charge in [0.25, 0.3) is 11.4 Å². The fourth-order valence-corrected chi connectivity index (χ4v) is 3.50. The van der Waals surface area contributed by atoms with E-state index in [-0.39, 0.29) is 11.1 Å². The van der Waals surface area contributed by atoms with E-state index in [1.165, 1.54) is 24.3 Å². The molecular weight excluding hydrogens is 451 g/mol. The number of carbonyl (C=O) groups is 2. The standard InChI is InChI=1S/C23H19FN2O8/c24-23(13-27)18(33-21(30)15-9-5-2-6-10-15)17(32-20(29)14-7-3-1-4-8-14)19(34-23)26-12-11-16(28)25-22(26)31/h1-12,17-19,27H,13H2,(H,25,28,31). The van der Waals surface area contributed by atoms with E-state index in [0.29, 0.717) is 0 Å². The lowest BCUT2D eigenvalue weighted by Crippen LogP contribution is -2.47. The molecule has 10 nitrogen and oxygen atoms in total. The molecule has 1 fully saturated rings. The van der Waals surface area contributed by atoms with Crippen LogP contribution in [0.1, 0.15) is 26.9 Å². The summed E-state index contributed by atoms with van der Waals surface area (Å²) in [4.78, 5) is 51.3. The van der Waals surface area contributed by atoms with E-state index in [9.17, 15) is 24.3 Å². The monoisotopic (exact) mass is 470 g/mol. The van der Waals surface area contributed by atoms with Gasteiger partial charge >= 0.3 is 17.6 Å². The number of nitrogens with zero attached hydrogens (tertiary/aromatic N) is 1. The maximum atomic E-state index is 15.7. The molecule has 2 N–H and O–H groups in total. The number of rotatable bonds is 6. The van der Waals surface area contributed by atoms with Gasteiger partial charge in [0.05, 0.1) is 11.1 Å². The number of alkyl halides is 1. The summed E-state index contributed by atoms with van der Waals surface area (Å²) in [5.41, 5.74) is -1.55. The van der Waals surface area contributed by atoms with Gasteiger partial charge in [0.15, 0.2) is 12.3 Å². The molecule has 2 heterocycles. The van der Waals surface area contributed by atoms with Crippen LogP contribution in [-0.2, 0) is 14.2 Å². The first-order valence-electron chi connectivity index (χ1n) is 10.1. The van der Waals surface area contributed by atoms with Crippen molar-refractivity contribution >= 4 is 11.9 Å². The Labute approximate surface area is 191 Å². The van der Waals surface area contributed by atoms with Gasteiger partial charge < -0.3 is 19.3 Å². The molecule has 176 valence electrons. The number of hydrogen-bond donors (Lipinski definition) is 2. The highest BCUT2D eigenvalue weighted by Crippen LogP contribution is 2.41. The second-order valence-electron chi connectivity index (χ2n) is 7.40. The molecule has 4 unspecified atom stereocenters. The third kappa shape index (κ3) is 4.51. The van der Waals surface area contributed by atoms with E-state index in [1.54, 1.807) is 36.4 Å². The molecule has 0 spiro atoms. The summed E-state index contributed by atoms with van der Waals surface area (Å²) in [5.74, 6) is -4.92. The first-order valence-corrected chi connectivity index (χ1v) is 10.1. The summed E-state index contributed by atoms with van der Waals surface area (Å²) in [6.07, 6.45) is -4.33. The number of aliphatic hydroxyl groups is 1. The molecule has 0 radical (unpaired) electrons. The fourth-order valence-electron chi connectivity index (χ4n) is 3.50. The lowest BCUT2D eigenvalue weighted by molar-refractivity contribution is -0.207. The Bertz CT molecular complexity index is 1290. The Kier molecular flexibility index (Phi) is 6.39. The Morgan fingerprint density at radius 3 is 2.06 bits per heavy atom. The summed E-state index contributed by atoms with van der Waals surface area (Å²) in [5, 5.41) is 9.75. The van der Waals surface area contributed by atoms with Crippen molar-refractivity contribution in [3.05, 3.63) is 105 Å². The summed E-state index contributed by atoms with van der Waals surface area (Å²) in [7, 11) is 0. The smallest absolute Gasteiger partial charge is 0.338 e. The molecule has 0 aliphatic carbocycles. The van der Waals surface area contributed by atoms with Gasteiger partial charge in [-0.1, -0.05) is 36.4 Å². The van der Waals surface area contributed by atoms with Crippen LogP contribution in [0.15, 0.2) is 82.5 Å². The van der Waals surface area contributed by atoms with E-state index >= 15 is 4.39 Å². The molecule has 1 aliphatic heterocycles. The zero-order valence-electron chi connectivity index (χ0n) is 17.5. The van der Waals surface area contributed by atoms with Crippen molar-refractivity contribution in [2.75, 3.05) is 6.61 Å². The van der Waals surface area contributed by atoms with E-state index < -0.39 is 54.1 Å². The summed E-state index contributed by atoms with van der Waals surface area (Å²) in [6, 6.07) is 16.3. The quantitative estimate of drug-likeness (QED) is 0.513. The predicted octanol–water partition coefficient (Wildman–Crippen LogP) is 1.17. The van der Waals surface area contributed by atoms with Crippen LogP contribution in [0, 0.1) is 0 Å². The van der Waals surface area contributed by atoms with Gasteiger partial charge in [-0.05, 0) is 24.3 Å². The normalized spacial score (nSPS) is 23.9. The fraction of sp³-hybridized carbons (Fsp3) is 0.217. The van der Waals surface area contributed by atoms with Crippen LogP contribution in [0.3, 0.4) is 0 Å². The Morgan fingerprint density at radius 1 is 0.971 bits per heavy atom. The van der Waals surface area contributed by atoms with Gasteiger partial charge in [-0.15, -0.1) is 0 Å². The van der Waals surface area contributed by atoms with Crippen molar-refractivity contribution in [3.63, 3.8) is 0 Å². The molecule has 2 aromatic carbocycles. The summed E-state index contributed by atoms with van der Waals surface area (Å²) >= 11 is 0. The lowest BCUT2D eigenvalue weighted by atomic mass is 10.1. The first kappa shape index (κ1) is 23.1. The van der Waals surface area contributed by atoms with Crippen LogP contribution in [0.25, 0.3) is 0 Å². The van der Waals surface area contributed by atoms with Crippen molar-refractivity contribution in [1.29, 1.82) is 0 Å². The maximum Gasteiger partial charge on any atom is 0.338 e. The third-order valence-electron chi connectivity index (χ3n) is 5.16. The second kappa shape index (κ2) is 9.41. The SMILES string of the molecule is O=C(OC1C(n2ccc(=O)[nH]c2=O)OC(F)(CO)C1OC(=O)c1ccccc1)c1ccccc1. The molecule has 3 aromatic rings. The maximum absolute atomic E-state index is 15.7. The van der Waals surface area contributed by atoms with Crippen molar-refractivity contribution in [3.8, 4) is 0 Å². The number of benzene rings is 2. The Hall–Kier alpha value is -4.09. The van der Waals surface area contributed by atoms with Crippen LogP contribution in [0.5, 0.6) is 0 Å². The molecule has 1 aromatic heterocycles. The molecule has 0 amide bonds. The highest BCUT2D eigenvalue weighted by atomic mass is 19.2. The molecule has 1 aliphatic rings. The number of ether oxygens (including phenoxy) is 3. The second-order valence-corrected chi connectivity index (χ2v) is 7.40. The van der Waals surface area contributed by atoms with Crippen molar-refractivity contribution < 1.29 is 33.3 Å². The predicted molar refractivity (Wildman–Crippen MR) is 114 cm³/mol. The van der Waals surface area contributed by atoms with Crippen molar-refractivity contribution in [2.45, 2.75) is 24.3 Å². The number of carbonyl (C=O) groups excluding carboxylic acids is 2. The number of nitrogens with one attached hydrogen (secondary N) is 1. The van der Waals surface area contributed by atoms with Crippen LogP contribution in [0.4, 0.5) is 4.39 Å². The number of aliphatic hydroxyl groups excluding tert-OH is 1. The molecule has 11 heteroatoms. The minimum absolute atomic E-state index is 0.0700. The average molecular weight is 470 g/mol. The van der Waals surface area contributed by atoms with Gasteiger partial charge in [0.2, 0.25) is 6.10 Å². The number of H-pyrrole nitrogens is 1. The third-order valence-corrected chi connectivity index (χ3v) is 5.16. The van der Waals surface area contributed by atoms with Crippen molar-refractivity contribution in [1.82, 2.24) is 9.55 Å². The zero-order chi connectivity index (χ0) is 24.3. The minimum Gasteiger partial charge on any atom is -0.450 e. The highest BCUT2D eigenvalue weighted by Gasteiger charge is 2.61. The zero-order valence-corrected chi connectivity index (χ0v) is 17.5. The van der Waals surface area contributed by atoms with E-state index in [1.807, 2.05) is 4.98 Å². The Morgan fingerprint density at radius 2 is 1.53 bits per heavy atom. The largest absolute Gasteiger partial charge is 0.450 e. The first-order chi connectivity index (χ1) is 16.3. The summed E-state index contributed by atoms with van der Waals surface area (Å²) < 4.78 is 32.5. The molecule has 4 rings (SSSR count). The van der Waals surface area contributed by atoms with Gasteiger partial charge in [-0.3, -0.25) is 14.3 Å². The van der Waals surface area contributed by atoms with E-state index in [2.05, 4.69) is 0 Å². The van der Waals surface area contributed by atoms with E-state index in [0.717, 1.165) is 16.8 Å². The van der Waals surface area contributed by atoms with Gasteiger partial charge in [0.1, 0.15) is 6.61 Å². The topological polar surface area (TPSA) is 137 Å². The molecule has 0 bridgehead atoms. The molecular formula is C23H19FN2O8. The number of halogens is 1.